The molecule has 0 aliphatic carbocycles. The number of nitrogens with two attached hydrogens (primary N) is 1. The second kappa shape index (κ2) is 77.2. The van der Waals surface area contributed by atoms with Crippen molar-refractivity contribution in [3.63, 3.8) is 0 Å². The second-order valence-electron chi connectivity index (χ2n) is 9.41. The van der Waals surface area contributed by atoms with Crippen LogP contribution in [0.1, 0.15) is 69.2 Å². The number of nitrogens with zero attached hydrogens (tertiary/aromatic N) is 3. The average molecular weight is 1010 g/mol. The molecule has 0 atom stereocenters. The molecular weight excluding hydrogens is 926 g/mol. The minimum absolute atomic E-state index is 0. The largest absolute Gasteiger partial charge is 1.00 e. The van der Waals surface area contributed by atoms with E-state index in [9.17, 15) is 0 Å². The smallest absolute Gasteiger partial charge is 0.0973 e. The van der Waals surface area contributed by atoms with Gasteiger partial charge in [0.2, 0.25) is 0 Å². The van der Waals surface area contributed by atoms with E-state index < -0.39 is 0 Å². The zero-order valence-corrected chi connectivity index (χ0v) is 41.4. The summed E-state index contributed by atoms with van der Waals surface area (Å²) in [5, 5.41) is 7.15. The van der Waals surface area contributed by atoms with Crippen LogP contribution in [0.25, 0.3) is 0 Å². The van der Waals surface area contributed by atoms with E-state index in [1.54, 1.807) is 12.2 Å². The van der Waals surface area contributed by atoms with Gasteiger partial charge in [-0.1, -0.05) is 111 Å². The Morgan fingerprint density at radius 2 is 0.812 bits per heavy atom. The highest BCUT2D eigenvalue weighted by Crippen LogP contribution is 2.05. The van der Waals surface area contributed by atoms with Gasteiger partial charge < -0.3 is 58.9 Å². The Hall–Kier alpha value is 0.640. The summed E-state index contributed by atoms with van der Waals surface area (Å²) < 4.78 is 1.09. The van der Waals surface area contributed by atoms with Crippen LogP contribution < -0.4 is 44.6 Å². The highest BCUT2D eigenvalue weighted by molar-refractivity contribution is 9.09. The quantitative estimate of drug-likeness (QED) is 0.112. The summed E-state index contributed by atoms with van der Waals surface area (Å²) in [6, 6.07) is 0. The maximum atomic E-state index is 3.77. The Balaban J connectivity index is -0.0000000448. The molecule has 10 heteroatoms. The van der Waals surface area contributed by atoms with Gasteiger partial charge in [-0.2, -0.15) is 0 Å². The lowest BCUT2D eigenvalue weighted by molar-refractivity contribution is -0.914. The van der Waals surface area contributed by atoms with E-state index in [1.165, 1.54) is 13.1 Å². The summed E-state index contributed by atoms with van der Waals surface area (Å²) in [5.74, 6) is 0. The molecule has 0 heterocycles. The van der Waals surface area contributed by atoms with Crippen molar-refractivity contribution in [1.29, 1.82) is 0 Å². The van der Waals surface area contributed by atoms with E-state index in [-0.39, 0.29) is 50.9 Å². The molecule has 0 unspecified atom stereocenters. The number of allylic oxidation sites excluding steroid dienone is 2. The number of hydrogen-bond donors (Lipinski definition) is 2. The summed E-state index contributed by atoms with van der Waals surface area (Å²) in [6.45, 7) is 58.9. The van der Waals surface area contributed by atoms with Crippen molar-refractivity contribution in [3.8, 4) is 0 Å². The van der Waals surface area contributed by atoms with Crippen molar-refractivity contribution in [2.45, 2.75) is 69.2 Å². The first kappa shape index (κ1) is 73.9. The van der Waals surface area contributed by atoms with Gasteiger partial charge in [0.1, 0.15) is 0 Å². The van der Waals surface area contributed by atoms with Crippen LogP contribution in [0, 0.1) is 0 Å². The van der Waals surface area contributed by atoms with Crippen LogP contribution in [0.5, 0.6) is 0 Å². The van der Waals surface area contributed by atoms with E-state index in [0.717, 1.165) is 93.7 Å². The number of rotatable bonds is 20. The second-order valence-corrected chi connectivity index (χ2v) is 10.7. The first-order valence-corrected chi connectivity index (χ1v) is 19.4. The maximum Gasteiger partial charge on any atom is 0.0973 e. The summed E-state index contributed by atoms with van der Waals surface area (Å²) >= 11 is 6.26. The van der Waals surface area contributed by atoms with Gasteiger partial charge in [-0.15, -0.1) is 43.3 Å². The van der Waals surface area contributed by atoms with E-state index in [2.05, 4.69) is 161 Å². The fraction of sp³-hybridized carbons (Fsp3) is 0.684. The Morgan fingerprint density at radius 3 is 0.875 bits per heavy atom. The SMILES string of the molecule is Br.C=CCBr.C=CCBr.C=CCN(CC)CC.C=CCN(CC)CC.C=CC[N+](CC)(CC)CC=C.CCNCC.CC[NH2+]CC.[Br-].[Br-]. The molecule has 0 spiro atoms. The third-order valence-electron chi connectivity index (χ3n) is 6.23. The molecule has 296 valence electrons. The number of alkyl halides is 2. The van der Waals surface area contributed by atoms with Crippen LogP contribution in [-0.2, 0) is 0 Å². The minimum Gasteiger partial charge on any atom is -1.00 e. The minimum atomic E-state index is 0. The van der Waals surface area contributed by atoms with Gasteiger partial charge in [-0.05, 0) is 79.1 Å². The van der Waals surface area contributed by atoms with Crippen LogP contribution in [0.3, 0.4) is 0 Å². The molecule has 0 rings (SSSR count). The first-order valence-electron chi connectivity index (χ1n) is 17.2. The van der Waals surface area contributed by atoms with E-state index >= 15 is 0 Å². The molecule has 0 fully saturated rings. The predicted octanol–water partition coefficient (Wildman–Crippen LogP) is 3.17. The molecule has 0 saturated heterocycles. The summed E-state index contributed by atoms with van der Waals surface area (Å²) in [7, 11) is 0. The number of quaternary nitrogens is 2. The standard InChI is InChI=1S/C10H20N.2C7H15N.2C4H11N.2C3H5Br.3BrH/c1-5-9-11(7-3,8-4)10-6-2;2*1-4-7-8(5-2)6-3;2*1-3-5-4-2;2*1-2-3-4;;;/h5-6H,1-2,7-10H2,3-4H3;2*4H,1,5-7H2,2-3H3;2*5H,3-4H2,1-2H3;2*2H,1,3H2;3*1H/q+1;;;;;;;;;/p-1. The summed E-state index contributed by atoms with van der Waals surface area (Å²) in [6.07, 6.45) is 11.5. The molecule has 0 aromatic carbocycles. The van der Waals surface area contributed by atoms with Crippen molar-refractivity contribution in [3.05, 3.63) is 75.9 Å². The van der Waals surface area contributed by atoms with Crippen LogP contribution in [0.4, 0.5) is 0 Å². The van der Waals surface area contributed by atoms with E-state index in [4.69, 9.17) is 0 Å². The number of halogens is 5. The molecule has 0 aromatic heterocycles. The fourth-order valence-corrected chi connectivity index (χ4v) is 3.23. The normalized spacial score (nSPS) is 8.62. The van der Waals surface area contributed by atoms with Gasteiger partial charge in [0.05, 0.1) is 39.3 Å². The third kappa shape index (κ3) is 81.0. The number of nitrogens with one attached hydrogen (secondary N) is 1. The predicted molar refractivity (Wildman–Crippen MR) is 233 cm³/mol. The number of likely N-dealkylation sites (N-methyl/N-ethyl adjacent to an activating group) is 3. The molecule has 5 nitrogen and oxygen atoms in total. The molecular formula is C38H84Br5N5. The molecule has 0 amide bonds. The maximum absolute atomic E-state index is 3.77. The lowest BCUT2D eigenvalue weighted by Crippen LogP contribution is -3.00. The monoisotopic (exact) mass is 1010 g/mol. The van der Waals surface area contributed by atoms with Gasteiger partial charge in [0.25, 0.3) is 0 Å². The van der Waals surface area contributed by atoms with Crippen LogP contribution >= 0.6 is 48.8 Å². The van der Waals surface area contributed by atoms with Crippen molar-refractivity contribution in [2.75, 3.05) is 102 Å². The van der Waals surface area contributed by atoms with Gasteiger partial charge in [-0.25, -0.2) is 0 Å². The van der Waals surface area contributed by atoms with Crippen molar-refractivity contribution < 1.29 is 43.8 Å². The fourth-order valence-electron chi connectivity index (χ4n) is 3.23. The number of hydrogen-bond acceptors (Lipinski definition) is 3. The van der Waals surface area contributed by atoms with Crippen molar-refractivity contribution in [2.24, 2.45) is 0 Å². The lowest BCUT2D eigenvalue weighted by atomic mass is 10.3. The highest BCUT2D eigenvalue weighted by Gasteiger charge is 2.18. The van der Waals surface area contributed by atoms with Crippen LogP contribution in [-0.4, -0.2) is 117 Å². The Labute approximate surface area is 352 Å². The molecule has 3 N–H and O–H groups in total. The third-order valence-corrected chi connectivity index (χ3v) is 7.15. The Bertz CT molecular complexity index is 508. The van der Waals surface area contributed by atoms with Gasteiger partial charge >= 0.3 is 0 Å². The van der Waals surface area contributed by atoms with Gasteiger partial charge in [-0.3, -0.25) is 0 Å². The Morgan fingerprint density at radius 1 is 0.542 bits per heavy atom. The average Bonchev–Trinajstić information content (AvgIpc) is 3.08. The van der Waals surface area contributed by atoms with Gasteiger partial charge in [0.15, 0.2) is 0 Å². The zero-order chi connectivity index (χ0) is 36.6. The highest BCUT2D eigenvalue weighted by atomic mass is 79.9. The molecule has 0 radical (unpaired) electrons. The van der Waals surface area contributed by atoms with Gasteiger partial charge in [0, 0.05) is 23.7 Å². The molecule has 48 heavy (non-hydrogen) atoms. The van der Waals surface area contributed by atoms with Crippen LogP contribution in [0.15, 0.2) is 75.9 Å². The van der Waals surface area contributed by atoms with E-state index in [0.29, 0.717) is 0 Å². The van der Waals surface area contributed by atoms with E-state index in [1.807, 2.05) is 24.3 Å². The van der Waals surface area contributed by atoms with Crippen LogP contribution in [0.2, 0.25) is 0 Å². The van der Waals surface area contributed by atoms with Crippen molar-refractivity contribution in [1.82, 2.24) is 15.1 Å². The molecule has 0 aliphatic rings. The zero-order valence-electron chi connectivity index (χ0n) is 33.4. The topological polar surface area (TPSA) is 35.1 Å². The Kier molecular flexibility index (Phi) is 119. The molecule has 0 saturated carbocycles. The molecule has 0 aromatic rings. The first-order chi connectivity index (χ1) is 21.6. The summed E-state index contributed by atoms with van der Waals surface area (Å²) in [4.78, 5) is 4.62. The summed E-state index contributed by atoms with van der Waals surface area (Å²) in [5.41, 5.74) is 0. The molecule has 0 aliphatic heterocycles. The lowest BCUT2D eigenvalue weighted by Gasteiger charge is -2.34. The van der Waals surface area contributed by atoms with Crippen molar-refractivity contribution >= 4 is 48.8 Å². The molecule has 0 bridgehead atoms.